The van der Waals surface area contributed by atoms with Gasteiger partial charge in [-0.1, -0.05) is 90.0 Å². The zero-order valence-electron chi connectivity index (χ0n) is 28.8. The molecule has 0 unspecified atom stereocenters. The van der Waals surface area contributed by atoms with Crippen LogP contribution >= 0.6 is 0 Å². The van der Waals surface area contributed by atoms with Crippen molar-refractivity contribution in [2.45, 2.75) is 47.4 Å². The molecule has 0 spiro atoms. The highest BCUT2D eigenvalue weighted by Crippen LogP contribution is 2.24. The Morgan fingerprint density at radius 2 is 1.12 bits per heavy atom. The molecular formula is C39H38N8O4. The molecule has 0 bridgehead atoms. The quantitative estimate of drug-likeness (QED) is 0.157. The summed E-state index contributed by atoms with van der Waals surface area (Å²) in [6, 6.07) is 29.0. The Hall–Kier alpha value is -6.56. The van der Waals surface area contributed by atoms with Crippen LogP contribution in [-0.4, -0.2) is 34.6 Å². The average Bonchev–Trinajstić information content (AvgIpc) is 3.12. The molecular weight excluding hydrogens is 644 g/mol. The molecule has 12 nitrogen and oxygen atoms in total. The normalized spacial score (nSPS) is 10.8. The van der Waals surface area contributed by atoms with E-state index >= 15 is 0 Å². The molecule has 51 heavy (non-hydrogen) atoms. The summed E-state index contributed by atoms with van der Waals surface area (Å²) >= 11 is 0. The van der Waals surface area contributed by atoms with E-state index in [9.17, 15) is 14.8 Å². The van der Waals surface area contributed by atoms with Crippen LogP contribution in [0.4, 0.5) is 11.4 Å². The van der Waals surface area contributed by atoms with E-state index in [1.807, 2.05) is 75.4 Å². The molecule has 0 amide bonds. The molecule has 0 radical (unpaired) electrons. The van der Waals surface area contributed by atoms with Gasteiger partial charge in [0.15, 0.2) is 11.3 Å². The van der Waals surface area contributed by atoms with Gasteiger partial charge in [-0.2, -0.15) is 0 Å². The molecule has 0 aliphatic heterocycles. The fraction of sp³-hybridized carbons (Fsp3) is 0.179. The van der Waals surface area contributed by atoms with Gasteiger partial charge >= 0.3 is 0 Å². The summed E-state index contributed by atoms with van der Waals surface area (Å²) in [4.78, 5) is 47.2. The van der Waals surface area contributed by atoms with Gasteiger partial charge in [0.2, 0.25) is 0 Å². The summed E-state index contributed by atoms with van der Waals surface area (Å²) in [5.74, 6) is 0. The van der Waals surface area contributed by atoms with Gasteiger partial charge in [-0.05, 0) is 44.4 Å². The Kier molecular flexibility index (Phi) is 10.3. The van der Waals surface area contributed by atoms with Crippen molar-refractivity contribution >= 4 is 33.4 Å². The van der Waals surface area contributed by atoms with E-state index in [2.05, 4.69) is 61.8 Å². The number of rotatable bonds is 9. The summed E-state index contributed by atoms with van der Waals surface area (Å²) < 4.78 is 1.79. The molecule has 4 aromatic heterocycles. The molecule has 7 aromatic rings. The van der Waals surface area contributed by atoms with E-state index in [4.69, 9.17) is 4.84 Å². The van der Waals surface area contributed by atoms with Crippen molar-refractivity contribution < 1.29 is 10.0 Å². The van der Waals surface area contributed by atoms with Crippen molar-refractivity contribution in [2.24, 2.45) is 0 Å². The number of anilines is 2. The first kappa shape index (κ1) is 34.3. The lowest BCUT2D eigenvalue weighted by Gasteiger charge is -2.15. The molecule has 4 heterocycles. The Morgan fingerprint density at radius 3 is 1.69 bits per heavy atom. The van der Waals surface area contributed by atoms with Gasteiger partial charge in [-0.15, -0.1) is 9.46 Å². The molecule has 0 aliphatic carbocycles. The van der Waals surface area contributed by atoms with Crippen molar-refractivity contribution in [2.75, 3.05) is 10.6 Å². The standard InChI is InChI=1S/C23H22N4O2.C16H16N4O2/c1-16-7-6-10-19(11-16)13-24-20-12-21(28)27(23-22(20)17(2)25-15-26-23)29-14-18-8-4-3-5-9-18;1-10-4-3-5-12(6-10)8-17-13-7-14(21)20(22)16-15(13)11(2)18-9-19-16/h3-12,15,24H,13-14H2,1-2H3;3-7,9,17,22H,8H2,1-2H3. The second-order valence-electron chi connectivity index (χ2n) is 12.2. The fourth-order valence-electron chi connectivity index (χ4n) is 5.74. The molecule has 0 aliphatic rings. The summed E-state index contributed by atoms with van der Waals surface area (Å²) in [5, 5.41) is 17.8. The molecule has 3 aromatic carbocycles. The highest BCUT2D eigenvalue weighted by molar-refractivity contribution is 5.91. The summed E-state index contributed by atoms with van der Waals surface area (Å²) in [6.45, 7) is 9.24. The number of pyridine rings is 2. The second-order valence-corrected chi connectivity index (χ2v) is 12.2. The summed E-state index contributed by atoms with van der Waals surface area (Å²) in [5.41, 5.74) is 8.21. The minimum Gasteiger partial charge on any atom is -0.423 e. The molecule has 3 N–H and O–H groups in total. The van der Waals surface area contributed by atoms with E-state index < -0.39 is 5.56 Å². The number of aromatic nitrogens is 6. The maximum absolute atomic E-state index is 12.8. The van der Waals surface area contributed by atoms with E-state index in [1.165, 1.54) is 34.6 Å². The molecule has 12 heteroatoms. The third-order valence-corrected chi connectivity index (χ3v) is 8.24. The Bertz CT molecular complexity index is 2440. The van der Waals surface area contributed by atoms with Crippen molar-refractivity contribution in [3.63, 3.8) is 0 Å². The van der Waals surface area contributed by atoms with Gasteiger partial charge in [-0.25, -0.2) is 19.9 Å². The number of nitrogens with one attached hydrogen (secondary N) is 2. The minimum atomic E-state index is -0.530. The lowest BCUT2D eigenvalue weighted by molar-refractivity contribution is 0.0979. The van der Waals surface area contributed by atoms with Crippen molar-refractivity contribution in [1.82, 2.24) is 29.4 Å². The van der Waals surface area contributed by atoms with Crippen LogP contribution in [0.3, 0.4) is 0 Å². The average molecular weight is 683 g/mol. The van der Waals surface area contributed by atoms with E-state index in [1.54, 1.807) is 6.07 Å². The van der Waals surface area contributed by atoms with Crippen LogP contribution < -0.4 is 26.6 Å². The predicted octanol–water partition coefficient (Wildman–Crippen LogP) is 5.91. The van der Waals surface area contributed by atoms with Crippen LogP contribution in [0.15, 0.2) is 113 Å². The van der Waals surface area contributed by atoms with Crippen molar-refractivity contribution in [1.29, 1.82) is 0 Å². The molecule has 0 atom stereocenters. The first-order valence-electron chi connectivity index (χ1n) is 16.4. The van der Waals surface area contributed by atoms with Crippen LogP contribution in [0.2, 0.25) is 0 Å². The zero-order valence-corrected chi connectivity index (χ0v) is 28.8. The number of fused-ring (bicyclic) bond motifs is 2. The third kappa shape index (κ3) is 8.02. The van der Waals surface area contributed by atoms with Crippen LogP contribution in [0.5, 0.6) is 0 Å². The highest BCUT2D eigenvalue weighted by Gasteiger charge is 2.15. The fourth-order valence-corrected chi connectivity index (χ4v) is 5.74. The highest BCUT2D eigenvalue weighted by atomic mass is 16.7. The van der Waals surface area contributed by atoms with Crippen LogP contribution in [0.1, 0.15) is 39.2 Å². The second kappa shape index (κ2) is 15.3. The largest absolute Gasteiger partial charge is 0.423 e. The minimum absolute atomic E-state index is 0.201. The zero-order chi connectivity index (χ0) is 35.9. The lowest BCUT2D eigenvalue weighted by Crippen LogP contribution is -2.28. The molecule has 0 saturated heterocycles. The maximum atomic E-state index is 12.8. The van der Waals surface area contributed by atoms with Crippen molar-refractivity contribution in [3.05, 3.63) is 164 Å². The van der Waals surface area contributed by atoms with Crippen LogP contribution in [-0.2, 0) is 19.7 Å². The topological polar surface area (TPSA) is 149 Å². The van der Waals surface area contributed by atoms with Gasteiger partial charge in [0.05, 0.1) is 33.5 Å². The molecule has 0 saturated carbocycles. The first-order chi connectivity index (χ1) is 24.7. The number of hydrogen-bond acceptors (Lipinski definition) is 10. The number of benzene rings is 3. The number of nitrogens with zero attached hydrogens (tertiary/aromatic N) is 6. The van der Waals surface area contributed by atoms with Gasteiger partial charge in [-0.3, -0.25) is 9.59 Å². The first-order valence-corrected chi connectivity index (χ1v) is 16.4. The van der Waals surface area contributed by atoms with Crippen LogP contribution in [0, 0.1) is 27.7 Å². The van der Waals surface area contributed by atoms with Gasteiger partial charge in [0.1, 0.15) is 19.3 Å². The van der Waals surface area contributed by atoms with Crippen molar-refractivity contribution in [3.8, 4) is 0 Å². The monoisotopic (exact) mass is 682 g/mol. The SMILES string of the molecule is Cc1cccc(CNc2cc(=O)n(O)c3ncnc(C)c23)c1.Cc1cccc(CNc2cc(=O)n(OCc3ccccc3)c3ncnc(C)c23)c1. The van der Waals surface area contributed by atoms with Gasteiger partial charge in [0.25, 0.3) is 11.1 Å². The Labute approximate surface area is 294 Å². The summed E-state index contributed by atoms with van der Waals surface area (Å²) in [7, 11) is 0. The Balaban J connectivity index is 0.000000183. The third-order valence-electron chi connectivity index (χ3n) is 8.24. The molecule has 7 rings (SSSR count). The summed E-state index contributed by atoms with van der Waals surface area (Å²) in [6.07, 6.45) is 2.78. The van der Waals surface area contributed by atoms with E-state index in [0.29, 0.717) is 45.9 Å². The predicted molar refractivity (Wildman–Crippen MR) is 198 cm³/mol. The molecule has 258 valence electrons. The van der Waals surface area contributed by atoms with E-state index in [0.717, 1.165) is 27.8 Å². The van der Waals surface area contributed by atoms with Gasteiger partial charge < -0.3 is 20.7 Å². The van der Waals surface area contributed by atoms with E-state index in [-0.39, 0.29) is 17.8 Å². The number of aryl methyl sites for hydroxylation is 4. The van der Waals surface area contributed by atoms with Gasteiger partial charge in [0, 0.05) is 25.2 Å². The Morgan fingerprint density at radius 1 is 0.608 bits per heavy atom. The molecule has 0 fully saturated rings. The number of hydrogen-bond donors (Lipinski definition) is 3. The smallest absolute Gasteiger partial charge is 0.287 e. The van der Waals surface area contributed by atoms with Crippen LogP contribution in [0.25, 0.3) is 22.1 Å². The lowest BCUT2D eigenvalue weighted by atomic mass is 10.1. The maximum Gasteiger partial charge on any atom is 0.287 e.